The minimum atomic E-state index is -4.13. The lowest BCUT2D eigenvalue weighted by Crippen LogP contribution is -2.41. The molecule has 0 aromatic rings. The van der Waals surface area contributed by atoms with Gasteiger partial charge in [0.2, 0.25) is 0 Å². The third-order valence-electron chi connectivity index (χ3n) is 4.01. The SMILES string of the molecule is CCNC(CCS(C)(=O)=O)C1CCCC(C(F)(F)F)C1. The predicted octanol–water partition coefficient (Wildman–Crippen LogP) is 2.77. The van der Waals surface area contributed by atoms with E-state index in [0.717, 1.165) is 12.7 Å². The lowest BCUT2D eigenvalue weighted by atomic mass is 9.77. The molecule has 3 atom stereocenters. The van der Waals surface area contributed by atoms with Crippen LogP contribution in [0.4, 0.5) is 13.2 Å². The van der Waals surface area contributed by atoms with Crippen molar-refractivity contribution in [2.45, 2.75) is 51.2 Å². The van der Waals surface area contributed by atoms with E-state index in [0.29, 0.717) is 19.4 Å². The van der Waals surface area contributed by atoms with Crippen LogP contribution in [-0.2, 0) is 9.84 Å². The summed E-state index contributed by atoms with van der Waals surface area (Å²) in [5, 5.41) is 3.17. The van der Waals surface area contributed by atoms with Gasteiger partial charge in [-0.05, 0) is 38.1 Å². The van der Waals surface area contributed by atoms with Crippen LogP contribution in [0.1, 0.15) is 39.0 Å². The molecule has 3 unspecified atom stereocenters. The second-order valence-corrected chi connectivity index (χ2v) is 8.01. The molecular weight excluding hydrogens is 291 g/mol. The number of hydrogen-bond acceptors (Lipinski definition) is 3. The standard InChI is InChI=1S/C13H24F3NO2S/c1-3-17-12(7-8-20(2,18)19)10-5-4-6-11(9-10)13(14,15)16/h10-12,17H,3-9H2,1-2H3. The van der Waals surface area contributed by atoms with Crippen molar-refractivity contribution in [2.24, 2.45) is 11.8 Å². The average Bonchev–Trinajstić information content (AvgIpc) is 2.32. The van der Waals surface area contributed by atoms with Crippen molar-refractivity contribution in [3.8, 4) is 0 Å². The van der Waals surface area contributed by atoms with E-state index >= 15 is 0 Å². The Morgan fingerprint density at radius 1 is 1.30 bits per heavy atom. The molecule has 0 heterocycles. The van der Waals surface area contributed by atoms with Crippen LogP contribution >= 0.6 is 0 Å². The molecule has 0 spiro atoms. The number of halogens is 3. The van der Waals surface area contributed by atoms with Crippen LogP contribution in [0.25, 0.3) is 0 Å². The fourth-order valence-corrected chi connectivity index (χ4v) is 3.68. The molecule has 1 fully saturated rings. The minimum absolute atomic E-state index is 0.0256. The van der Waals surface area contributed by atoms with Gasteiger partial charge in [-0.25, -0.2) is 8.42 Å². The molecule has 1 rings (SSSR count). The molecule has 7 heteroatoms. The van der Waals surface area contributed by atoms with Gasteiger partial charge in [-0.15, -0.1) is 0 Å². The lowest BCUT2D eigenvalue weighted by molar-refractivity contribution is -0.186. The summed E-state index contributed by atoms with van der Waals surface area (Å²) in [4.78, 5) is 0. The zero-order valence-electron chi connectivity index (χ0n) is 12.0. The average molecular weight is 315 g/mol. The van der Waals surface area contributed by atoms with Gasteiger partial charge in [-0.2, -0.15) is 13.2 Å². The highest BCUT2D eigenvalue weighted by molar-refractivity contribution is 7.90. The number of hydrogen-bond donors (Lipinski definition) is 1. The van der Waals surface area contributed by atoms with Crippen molar-refractivity contribution in [3.63, 3.8) is 0 Å². The normalized spacial score (nSPS) is 26.4. The van der Waals surface area contributed by atoms with Gasteiger partial charge in [0.25, 0.3) is 0 Å². The molecule has 0 aromatic heterocycles. The highest BCUT2D eigenvalue weighted by Gasteiger charge is 2.43. The van der Waals surface area contributed by atoms with Crippen LogP contribution in [0.3, 0.4) is 0 Å². The first-order valence-electron chi connectivity index (χ1n) is 7.11. The molecule has 0 aromatic carbocycles. The molecule has 0 amide bonds. The predicted molar refractivity (Wildman–Crippen MR) is 73.3 cm³/mol. The number of alkyl halides is 3. The molecule has 20 heavy (non-hydrogen) atoms. The number of nitrogens with one attached hydrogen (secondary N) is 1. The Hall–Kier alpha value is -0.300. The van der Waals surface area contributed by atoms with Crippen molar-refractivity contribution in [2.75, 3.05) is 18.6 Å². The Bertz CT molecular complexity index is 395. The Morgan fingerprint density at radius 2 is 1.95 bits per heavy atom. The monoisotopic (exact) mass is 315 g/mol. The molecule has 120 valence electrons. The molecule has 0 bridgehead atoms. The molecular formula is C13H24F3NO2S. The minimum Gasteiger partial charge on any atom is -0.314 e. The van der Waals surface area contributed by atoms with Gasteiger partial charge in [-0.3, -0.25) is 0 Å². The third-order valence-corrected chi connectivity index (χ3v) is 4.99. The van der Waals surface area contributed by atoms with Crippen molar-refractivity contribution in [1.82, 2.24) is 5.32 Å². The maximum atomic E-state index is 12.8. The summed E-state index contributed by atoms with van der Waals surface area (Å²) in [5.41, 5.74) is 0. The van der Waals surface area contributed by atoms with E-state index in [4.69, 9.17) is 0 Å². The van der Waals surface area contributed by atoms with E-state index in [1.54, 1.807) is 0 Å². The molecule has 1 N–H and O–H groups in total. The fraction of sp³-hybridized carbons (Fsp3) is 1.00. The van der Waals surface area contributed by atoms with Gasteiger partial charge >= 0.3 is 6.18 Å². The Morgan fingerprint density at radius 3 is 2.45 bits per heavy atom. The highest BCUT2D eigenvalue weighted by Crippen LogP contribution is 2.41. The largest absolute Gasteiger partial charge is 0.391 e. The van der Waals surface area contributed by atoms with E-state index in [-0.39, 0.29) is 30.6 Å². The molecule has 0 saturated heterocycles. The van der Waals surface area contributed by atoms with E-state index in [2.05, 4.69) is 5.32 Å². The van der Waals surface area contributed by atoms with Crippen LogP contribution in [0.5, 0.6) is 0 Å². The van der Waals surface area contributed by atoms with Crippen LogP contribution in [-0.4, -0.2) is 39.2 Å². The second kappa shape index (κ2) is 7.11. The molecule has 0 radical (unpaired) electrons. The van der Waals surface area contributed by atoms with E-state index < -0.39 is 21.9 Å². The van der Waals surface area contributed by atoms with Gasteiger partial charge in [0, 0.05) is 12.3 Å². The van der Waals surface area contributed by atoms with Crippen molar-refractivity contribution >= 4 is 9.84 Å². The molecule has 3 nitrogen and oxygen atoms in total. The first kappa shape index (κ1) is 17.8. The Balaban J connectivity index is 2.66. The van der Waals surface area contributed by atoms with Crippen LogP contribution in [0.2, 0.25) is 0 Å². The van der Waals surface area contributed by atoms with Crippen LogP contribution in [0, 0.1) is 11.8 Å². The summed E-state index contributed by atoms with van der Waals surface area (Å²) in [5.74, 6) is -1.30. The maximum Gasteiger partial charge on any atom is 0.391 e. The van der Waals surface area contributed by atoms with Crippen molar-refractivity contribution in [1.29, 1.82) is 0 Å². The molecule has 1 aliphatic carbocycles. The fourth-order valence-electron chi connectivity index (χ4n) is 3.00. The van der Waals surface area contributed by atoms with Crippen molar-refractivity contribution in [3.05, 3.63) is 0 Å². The van der Waals surface area contributed by atoms with E-state index in [9.17, 15) is 21.6 Å². The maximum absolute atomic E-state index is 12.8. The third kappa shape index (κ3) is 5.99. The first-order chi connectivity index (χ1) is 9.13. The number of rotatable bonds is 6. The zero-order chi connectivity index (χ0) is 15.4. The number of sulfone groups is 1. The van der Waals surface area contributed by atoms with Gasteiger partial charge in [0.1, 0.15) is 9.84 Å². The summed E-state index contributed by atoms with van der Waals surface area (Å²) >= 11 is 0. The van der Waals surface area contributed by atoms with E-state index in [1.165, 1.54) is 0 Å². The van der Waals surface area contributed by atoms with Gasteiger partial charge in [0.05, 0.1) is 11.7 Å². The van der Waals surface area contributed by atoms with Crippen molar-refractivity contribution < 1.29 is 21.6 Å². The smallest absolute Gasteiger partial charge is 0.314 e. The topological polar surface area (TPSA) is 46.2 Å². The van der Waals surface area contributed by atoms with Crippen LogP contribution in [0.15, 0.2) is 0 Å². The molecule has 1 aliphatic rings. The summed E-state index contributed by atoms with van der Waals surface area (Å²) in [7, 11) is -3.08. The highest BCUT2D eigenvalue weighted by atomic mass is 32.2. The quantitative estimate of drug-likeness (QED) is 0.820. The Kier molecular flexibility index (Phi) is 6.31. The molecule has 0 aliphatic heterocycles. The Labute approximate surface area is 119 Å². The second-order valence-electron chi connectivity index (χ2n) is 5.75. The van der Waals surface area contributed by atoms with E-state index in [1.807, 2.05) is 6.92 Å². The summed E-state index contributed by atoms with van der Waals surface area (Å²) < 4.78 is 60.9. The summed E-state index contributed by atoms with van der Waals surface area (Å²) in [6.07, 6.45) is -0.955. The summed E-state index contributed by atoms with van der Waals surface area (Å²) in [6.45, 7) is 2.53. The lowest BCUT2D eigenvalue weighted by Gasteiger charge is -2.35. The zero-order valence-corrected chi connectivity index (χ0v) is 12.9. The molecule has 1 saturated carbocycles. The summed E-state index contributed by atoms with van der Waals surface area (Å²) in [6, 6.07) is -0.139. The van der Waals surface area contributed by atoms with Gasteiger partial charge in [0.15, 0.2) is 0 Å². The first-order valence-corrected chi connectivity index (χ1v) is 9.17. The van der Waals surface area contributed by atoms with Gasteiger partial charge in [-0.1, -0.05) is 13.3 Å². The van der Waals surface area contributed by atoms with Gasteiger partial charge < -0.3 is 5.32 Å². The van der Waals surface area contributed by atoms with Crippen LogP contribution < -0.4 is 5.32 Å².